The first kappa shape index (κ1) is 17.4. The predicted molar refractivity (Wildman–Crippen MR) is 92.9 cm³/mol. The summed E-state index contributed by atoms with van der Waals surface area (Å²) in [5.74, 6) is -0.500. The van der Waals surface area contributed by atoms with E-state index in [1.165, 1.54) is 11.3 Å². The van der Waals surface area contributed by atoms with Gasteiger partial charge in [-0.05, 0) is 32.9 Å². The Balaban J connectivity index is 2.16. The minimum absolute atomic E-state index is 0.207. The molecule has 0 aliphatic heterocycles. The zero-order chi connectivity index (χ0) is 17.0. The van der Waals surface area contributed by atoms with E-state index >= 15 is 0 Å². The van der Waals surface area contributed by atoms with Crippen molar-refractivity contribution in [3.8, 4) is 10.6 Å². The van der Waals surface area contributed by atoms with Crippen LogP contribution in [0.15, 0.2) is 24.3 Å². The van der Waals surface area contributed by atoms with Crippen LogP contribution in [0.1, 0.15) is 29.2 Å². The van der Waals surface area contributed by atoms with Crippen molar-refractivity contribution in [1.29, 1.82) is 0 Å². The Labute approximate surface area is 144 Å². The van der Waals surface area contributed by atoms with Gasteiger partial charge >= 0.3 is 0 Å². The molecule has 0 saturated carbocycles. The Morgan fingerprint density at radius 3 is 2.57 bits per heavy atom. The largest absolute Gasteiger partial charge is 0.355 e. The molecule has 0 bridgehead atoms. The highest BCUT2D eigenvalue weighted by atomic mass is 35.5. The number of halogens is 1. The standard InChI is InChI=1S/C16H18ClN3O2S/c1-4-18-14(21)10(3)19-15(22)13-9(2)20-16(23-13)11-5-7-12(17)8-6-11/h5-8,10H,4H2,1-3H3,(H,18,21)(H,19,22)/t10-/m1/s1. The molecule has 0 aliphatic rings. The van der Waals surface area contributed by atoms with Gasteiger partial charge in [-0.15, -0.1) is 11.3 Å². The van der Waals surface area contributed by atoms with Crippen molar-refractivity contribution in [1.82, 2.24) is 15.6 Å². The maximum atomic E-state index is 12.3. The summed E-state index contributed by atoms with van der Waals surface area (Å²) in [7, 11) is 0. The Kier molecular flexibility index (Phi) is 5.74. The molecule has 122 valence electrons. The highest BCUT2D eigenvalue weighted by Crippen LogP contribution is 2.28. The van der Waals surface area contributed by atoms with Gasteiger partial charge in [-0.25, -0.2) is 4.98 Å². The van der Waals surface area contributed by atoms with Crippen LogP contribution in [0, 0.1) is 6.92 Å². The molecule has 23 heavy (non-hydrogen) atoms. The summed E-state index contributed by atoms with van der Waals surface area (Å²) in [6, 6.07) is 6.69. The van der Waals surface area contributed by atoms with Gasteiger partial charge in [0, 0.05) is 17.1 Å². The Bertz CT molecular complexity index is 713. The lowest BCUT2D eigenvalue weighted by Gasteiger charge is -2.12. The number of hydrogen-bond acceptors (Lipinski definition) is 4. The van der Waals surface area contributed by atoms with Crippen molar-refractivity contribution in [2.45, 2.75) is 26.8 Å². The number of aromatic nitrogens is 1. The molecule has 1 atom stereocenters. The lowest BCUT2D eigenvalue weighted by molar-refractivity contribution is -0.122. The molecule has 0 radical (unpaired) electrons. The molecule has 2 amide bonds. The third kappa shape index (κ3) is 4.30. The topological polar surface area (TPSA) is 71.1 Å². The summed E-state index contributed by atoms with van der Waals surface area (Å²) in [5.41, 5.74) is 1.54. The summed E-state index contributed by atoms with van der Waals surface area (Å²) in [6.45, 7) is 5.79. The fourth-order valence-corrected chi connectivity index (χ4v) is 3.08. The highest BCUT2D eigenvalue weighted by Gasteiger charge is 2.20. The van der Waals surface area contributed by atoms with Crippen molar-refractivity contribution in [3.05, 3.63) is 39.9 Å². The van der Waals surface area contributed by atoms with E-state index in [-0.39, 0.29) is 11.8 Å². The van der Waals surface area contributed by atoms with Gasteiger partial charge in [0.2, 0.25) is 5.91 Å². The summed E-state index contributed by atoms with van der Waals surface area (Å²) < 4.78 is 0. The summed E-state index contributed by atoms with van der Waals surface area (Å²) in [6.07, 6.45) is 0. The molecule has 2 N–H and O–H groups in total. The van der Waals surface area contributed by atoms with Crippen LogP contribution in [0.2, 0.25) is 5.02 Å². The number of carbonyl (C=O) groups is 2. The van der Waals surface area contributed by atoms with Gasteiger partial charge in [-0.3, -0.25) is 9.59 Å². The second-order valence-corrected chi connectivity index (χ2v) is 6.47. The number of rotatable bonds is 5. The maximum absolute atomic E-state index is 12.3. The van der Waals surface area contributed by atoms with E-state index in [0.717, 1.165) is 10.6 Å². The fourth-order valence-electron chi connectivity index (χ4n) is 1.98. The molecule has 0 unspecified atom stereocenters. The monoisotopic (exact) mass is 351 g/mol. The molecule has 1 aromatic carbocycles. The van der Waals surface area contributed by atoms with Gasteiger partial charge < -0.3 is 10.6 Å². The first-order valence-corrected chi connectivity index (χ1v) is 8.43. The number of nitrogens with one attached hydrogen (secondary N) is 2. The van der Waals surface area contributed by atoms with Crippen molar-refractivity contribution in [3.63, 3.8) is 0 Å². The summed E-state index contributed by atoms with van der Waals surface area (Å²) >= 11 is 7.18. The summed E-state index contributed by atoms with van der Waals surface area (Å²) in [4.78, 5) is 29.0. The first-order valence-electron chi connectivity index (χ1n) is 7.24. The van der Waals surface area contributed by atoms with Crippen molar-refractivity contribution < 1.29 is 9.59 Å². The van der Waals surface area contributed by atoms with Crippen LogP contribution in [0.5, 0.6) is 0 Å². The van der Waals surface area contributed by atoms with Gasteiger partial charge in [-0.2, -0.15) is 0 Å². The average molecular weight is 352 g/mol. The van der Waals surface area contributed by atoms with Gasteiger partial charge in [0.15, 0.2) is 0 Å². The van der Waals surface area contributed by atoms with E-state index in [1.54, 1.807) is 26.0 Å². The first-order chi connectivity index (χ1) is 10.9. The lowest BCUT2D eigenvalue weighted by Crippen LogP contribution is -2.44. The molecule has 1 heterocycles. The predicted octanol–water partition coefficient (Wildman–Crippen LogP) is 3.03. The zero-order valence-electron chi connectivity index (χ0n) is 13.1. The Morgan fingerprint density at radius 2 is 1.96 bits per heavy atom. The number of aryl methyl sites for hydroxylation is 1. The molecule has 2 aromatic rings. The molecule has 7 heteroatoms. The quantitative estimate of drug-likeness (QED) is 0.869. The van der Waals surface area contributed by atoms with Crippen LogP contribution in [0.4, 0.5) is 0 Å². The van der Waals surface area contributed by atoms with E-state index < -0.39 is 6.04 Å². The van der Waals surface area contributed by atoms with Crippen LogP contribution in [0.3, 0.4) is 0 Å². The second-order valence-electron chi connectivity index (χ2n) is 5.03. The van der Waals surface area contributed by atoms with Gasteiger partial charge in [0.05, 0.1) is 5.69 Å². The normalized spacial score (nSPS) is 11.8. The fraction of sp³-hybridized carbons (Fsp3) is 0.312. The average Bonchev–Trinajstić information content (AvgIpc) is 2.90. The number of carbonyl (C=O) groups excluding carboxylic acids is 2. The van der Waals surface area contributed by atoms with Crippen LogP contribution >= 0.6 is 22.9 Å². The number of benzene rings is 1. The molecule has 2 rings (SSSR count). The number of likely N-dealkylation sites (N-methyl/N-ethyl adjacent to an activating group) is 1. The maximum Gasteiger partial charge on any atom is 0.263 e. The number of thiazole rings is 1. The van der Waals surface area contributed by atoms with Crippen LogP contribution in [0.25, 0.3) is 10.6 Å². The van der Waals surface area contributed by atoms with Gasteiger partial charge in [-0.1, -0.05) is 23.7 Å². The zero-order valence-corrected chi connectivity index (χ0v) is 14.7. The molecule has 0 spiro atoms. The second kappa shape index (κ2) is 7.57. The Morgan fingerprint density at radius 1 is 1.30 bits per heavy atom. The number of nitrogens with zero attached hydrogens (tertiary/aromatic N) is 1. The van der Waals surface area contributed by atoms with E-state index in [2.05, 4.69) is 15.6 Å². The van der Waals surface area contributed by atoms with E-state index in [9.17, 15) is 9.59 Å². The van der Waals surface area contributed by atoms with Crippen molar-refractivity contribution >= 4 is 34.8 Å². The van der Waals surface area contributed by atoms with Crippen LogP contribution < -0.4 is 10.6 Å². The lowest BCUT2D eigenvalue weighted by atomic mass is 10.2. The van der Waals surface area contributed by atoms with Crippen LogP contribution in [-0.4, -0.2) is 29.4 Å². The third-order valence-electron chi connectivity index (χ3n) is 3.19. The van der Waals surface area contributed by atoms with E-state index in [1.807, 2.05) is 19.1 Å². The van der Waals surface area contributed by atoms with Gasteiger partial charge in [0.1, 0.15) is 15.9 Å². The van der Waals surface area contributed by atoms with Crippen LogP contribution in [-0.2, 0) is 4.79 Å². The third-order valence-corrected chi connectivity index (χ3v) is 4.64. The SMILES string of the molecule is CCNC(=O)[C@@H](C)NC(=O)c1sc(-c2ccc(Cl)cc2)nc1C. The number of amides is 2. The minimum atomic E-state index is -0.595. The van der Waals surface area contributed by atoms with Gasteiger partial charge in [0.25, 0.3) is 5.91 Å². The molecule has 0 fully saturated rings. The highest BCUT2D eigenvalue weighted by molar-refractivity contribution is 7.17. The molecule has 0 aliphatic carbocycles. The molecular formula is C16H18ClN3O2S. The van der Waals surface area contributed by atoms with E-state index in [0.29, 0.717) is 22.1 Å². The molecular weight excluding hydrogens is 334 g/mol. The minimum Gasteiger partial charge on any atom is -0.355 e. The van der Waals surface area contributed by atoms with Crippen molar-refractivity contribution in [2.75, 3.05) is 6.54 Å². The number of hydrogen-bond donors (Lipinski definition) is 2. The molecule has 1 aromatic heterocycles. The smallest absolute Gasteiger partial charge is 0.263 e. The molecule has 5 nitrogen and oxygen atoms in total. The Hall–Kier alpha value is -1.92. The molecule has 0 saturated heterocycles. The summed E-state index contributed by atoms with van der Waals surface area (Å²) in [5, 5.41) is 6.76. The van der Waals surface area contributed by atoms with E-state index in [4.69, 9.17) is 11.6 Å². The van der Waals surface area contributed by atoms with Crippen molar-refractivity contribution in [2.24, 2.45) is 0 Å².